The Morgan fingerprint density at radius 2 is 2.41 bits per heavy atom. The van der Waals surface area contributed by atoms with Gasteiger partial charge in [-0.2, -0.15) is 0 Å². The minimum Gasteiger partial charge on any atom is -0.355 e. The molecule has 0 radical (unpaired) electrons. The first-order valence-corrected chi connectivity index (χ1v) is 6.61. The summed E-state index contributed by atoms with van der Waals surface area (Å²) in [7, 11) is 0. The predicted octanol–water partition coefficient (Wildman–Crippen LogP) is 1.95. The minimum atomic E-state index is 0.0598. The zero-order valence-corrected chi connectivity index (χ0v) is 10.5. The Labute approximate surface area is 104 Å². The third-order valence-electron chi connectivity index (χ3n) is 2.31. The number of pyridine rings is 1. The number of imidazole rings is 1. The third kappa shape index (κ3) is 3.00. The van der Waals surface area contributed by atoms with Gasteiger partial charge in [-0.05, 0) is 18.6 Å². The van der Waals surface area contributed by atoms with Gasteiger partial charge in [0.05, 0.1) is 17.5 Å². The average molecular weight is 249 g/mol. The number of aromatic nitrogens is 2. The molecule has 0 saturated carbocycles. The molecule has 5 heteroatoms. The van der Waals surface area contributed by atoms with Gasteiger partial charge < -0.3 is 5.32 Å². The average Bonchev–Trinajstić information content (AvgIpc) is 2.77. The summed E-state index contributed by atoms with van der Waals surface area (Å²) in [5.41, 5.74) is 1.05. The second kappa shape index (κ2) is 5.72. The number of nitrogens with zero attached hydrogens (tertiary/aromatic N) is 2. The maximum Gasteiger partial charge on any atom is 0.230 e. The molecule has 2 rings (SSSR count). The van der Waals surface area contributed by atoms with E-state index in [2.05, 4.69) is 10.3 Å². The van der Waals surface area contributed by atoms with E-state index in [1.807, 2.05) is 41.9 Å². The number of amides is 1. The molecular formula is C12H15N3OS. The summed E-state index contributed by atoms with van der Waals surface area (Å²) in [6.07, 6.45) is 4.73. The third-order valence-corrected chi connectivity index (χ3v) is 3.28. The SMILES string of the molecule is CCCNC(=O)CSc1ncc2ccccn12. The van der Waals surface area contributed by atoms with Gasteiger partial charge in [0, 0.05) is 12.7 Å². The van der Waals surface area contributed by atoms with Crippen molar-refractivity contribution in [1.82, 2.24) is 14.7 Å². The molecule has 0 aromatic carbocycles. The van der Waals surface area contributed by atoms with Crippen LogP contribution < -0.4 is 5.32 Å². The number of hydrogen-bond donors (Lipinski definition) is 1. The molecule has 0 atom stereocenters. The molecule has 0 saturated heterocycles. The Bertz CT molecular complexity index is 509. The number of carbonyl (C=O) groups is 1. The Hall–Kier alpha value is -1.49. The highest BCUT2D eigenvalue weighted by molar-refractivity contribution is 7.99. The lowest BCUT2D eigenvalue weighted by Crippen LogP contribution is -2.25. The summed E-state index contributed by atoms with van der Waals surface area (Å²) in [5.74, 6) is 0.470. The Balaban J connectivity index is 1.97. The number of thioether (sulfide) groups is 1. The maximum absolute atomic E-state index is 11.5. The van der Waals surface area contributed by atoms with Gasteiger partial charge in [-0.15, -0.1) is 0 Å². The van der Waals surface area contributed by atoms with Gasteiger partial charge >= 0.3 is 0 Å². The zero-order valence-electron chi connectivity index (χ0n) is 9.72. The number of hydrogen-bond acceptors (Lipinski definition) is 3. The van der Waals surface area contributed by atoms with Crippen molar-refractivity contribution < 1.29 is 4.79 Å². The number of fused-ring (bicyclic) bond motifs is 1. The normalized spacial score (nSPS) is 10.6. The molecule has 1 amide bonds. The maximum atomic E-state index is 11.5. The van der Waals surface area contributed by atoms with E-state index in [0.717, 1.165) is 23.6 Å². The quantitative estimate of drug-likeness (QED) is 0.824. The van der Waals surface area contributed by atoms with Crippen LogP contribution in [-0.4, -0.2) is 27.6 Å². The number of nitrogens with one attached hydrogen (secondary N) is 1. The Kier molecular flexibility index (Phi) is 4.03. The molecule has 0 aliphatic carbocycles. The summed E-state index contributed by atoms with van der Waals surface area (Å²) in [5, 5.41) is 3.70. The van der Waals surface area contributed by atoms with Crippen molar-refractivity contribution in [2.75, 3.05) is 12.3 Å². The molecule has 0 spiro atoms. The van der Waals surface area contributed by atoms with Crippen LogP contribution in [0.1, 0.15) is 13.3 Å². The van der Waals surface area contributed by atoms with E-state index < -0.39 is 0 Å². The second-order valence-electron chi connectivity index (χ2n) is 3.67. The molecule has 0 unspecified atom stereocenters. The van der Waals surface area contributed by atoms with Gasteiger partial charge in [-0.1, -0.05) is 24.8 Å². The molecule has 0 fully saturated rings. The number of carbonyl (C=O) groups excluding carboxylic acids is 1. The smallest absolute Gasteiger partial charge is 0.230 e. The highest BCUT2D eigenvalue weighted by Gasteiger charge is 2.06. The van der Waals surface area contributed by atoms with Crippen molar-refractivity contribution >= 4 is 23.2 Å². The van der Waals surface area contributed by atoms with E-state index >= 15 is 0 Å². The zero-order chi connectivity index (χ0) is 12.1. The van der Waals surface area contributed by atoms with Crippen LogP contribution in [0.2, 0.25) is 0 Å². The molecular weight excluding hydrogens is 234 g/mol. The van der Waals surface area contributed by atoms with Crippen LogP contribution in [0.25, 0.3) is 5.52 Å². The lowest BCUT2D eigenvalue weighted by molar-refractivity contribution is -0.118. The highest BCUT2D eigenvalue weighted by atomic mass is 32.2. The van der Waals surface area contributed by atoms with Crippen LogP contribution in [0.3, 0.4) is 0 Å². The number of rotatable bonds is 5. The first-order chi connectivity index (χ1) is 8.31. The fourth-order valence-corrected chi connectivity index (χ4v) is 2.27. The molecule has 1 N–H and O–H groups in total. The standard InChI is InChI=1S/C12H15N3OS/c1-2-6-13-11(16)9-17-12-14-8-10-5-3-4-7-15(10)12/h3-5,7-8H,2,6,9H2,1H3,(H,13,16). The summed E-state index contributed by atoms with van der Waals surface area (Å²) in [6, 6.07) is 5.92. The van der Waals surface area contributed by atoms with Crippen molar-refractivity contribution in [1.29, 1.82) is 0 Å². The highest BCUT2D eigenvalue weighted by Crippen LogP contribution is 2.17. The van der Waals surface area contributed by atoms with Crippen LogP contribution >= 0.6 is 11.8 Å². The summed E-state index contributed by atoms with van der Waals surface area (Å²) >= 11 is 1.45. The van der Waals surface area contributed by atoms with Gasteiger partial charge in [-0.3, -0.25) is 9.20 Å². The van der Waals surface area contributed by atoms with Crippen molar-refractivity contribution in [3.8, 4) is 0 Å². The molecule has 2 heterocycles. The van der Waals surface area contributed by atoms with Crippen LogP contribution in [0.5, 0.6) is 0 Å². The van der Waals surface area contributed by atoms with Crippen molar-refractivity contribution in [2.24, 2.45) is 0 Å². The molecule has 2 aromatic heterocycles. The van der Waals surface area contributed by atoms with Gasteiger partial charge in [0.15, 0.2) is 5.16 Å². The van der Waals surface area contributed by atoms with E-state index in [4.69, 9.17) is 0 Å². The lowest BCUT2D eigenvalue weighted by atomic mass is 10.4. The second-order valence-corrected chi connectivity index (χ2v) is 4.62. The first-order valence-electron chi connectivity index (χ1n) is 5.63. The molecule has 17 heavy (non-hydrogen) atoms. The minimum absolute atomic E-state index is 0.0598. The van der Waals surface area contributed by atoms with Crippen molar-refractivity contribution in [3.05, 3.63) is 30.6 Å². The lowest BCUT2D eigenvalue weighted by Gasteiger charge is -2.02. The van der Waals surface area contributed by atoms with Gasteiger partial charge in [-0.25, -0.2) is 4.98 Å². The monoisotopic (exact) mass is 249 g/mol. The molecule has 0 aliphatic heterocycles. The largest absolute Gasteiger partial charge is 0.355 e. The summed E-state index contributed by atoms with van der Waals surface area (Å²) in [4.78, 5) is 15.8. The predicted molar refractivity (Wildman–Crippen MR) is 69.2 cm³/mol. The van der Waals surface area contributed by atoms with E-state index in [9.17, 15) is 4.79 Å². The van der Waals surface area contributed by atoms with Crippen LogP contribution in [0.4, 0.5) is 0 Å². The van der Waals surface area contributed by atoms with Gasteiger partial charge in [0.2, 0.25) is 5.91 Å². The molecule has 0 bridgehead atoms. The summed E-state index contributed by atoms with van der Waals surface area (Å²) < 4.78 is 1.98. The fourth-order valence-electron chi connectivity index (χ4n) is 1.47. The van der Waals surface area contributed by atoms with E-state index in [0.29, 0.717) is 5.75 Å². The van der Waals surface area contributed by atoms with E-state index in [1.54, 1.807) is 0 Å². The molecule has 4 nitrogen and oxygen atoms in total. The van der Waals surface area contributed by atoms with Crippen LogP contribution in [0.15, 0.2) is 35.7 Å². The van der Waals surface area contributed by atoms with Crippen molar-refractivity contribution in [2.45, 2.75) is 18.5 Å². The van der Waals surface area contributed by atoms with Crippen LogP contribution in [0, 0.1) is 0 Å². The van der Waals surface area contributed by atoms with Crippen molar-refractivity contribution in [3.63, 3.8) is 0 Å². The summed E-state index contributed by atoms with van der Waals surface area (Å²) in [6.45, 7) is 2.78. The van der Waals surface area contributed by atoms with Gasteiger partial charge in [0.1, 0.15) is 0 Å². The topological polar surface area (TPSA) is 46.4 Å². The van der Waals surface area contributed by atoms with E-state index in [1.165, 1.54) is 11.8 Å². The first kappa shape index (κ1) is 12.0. The van der Waals surface area contributed by atoms with Crippen LogP contribution in [-0.2, 0) is 4.79 Å². The molecule has 2 aromatic rings. The molecule has 0 aliphatic rings. The van der Waals surface area contributed by atoms with E-state index in [-0.39, 0.29) is 5.91 Å². The Morgan fingerprint density at radius 1 is 1.53 bits per heavy atom. The van der Waals surface area contributed by atoms with Gasteiger partial charge in [0.25, 0.3) is 0 Å². The molecule has 90 valence electrons. The fraction of sp³-hybridized carbons (Fsp3) is 0.333. The Morgan fingerprint density at radius 3 is 3.24 bits per heavy atom.